The van der Waals surface area contributed by atoms with Crippen molar-refractivity contribution in [1.82, 2.24) is 4.98 Å². The zero-order chi connectivity index (χ0) is 20.4. The number of carbonyl (C=O) groups excluding carboxylic acids is 1. The van der Waals surface area contributed by atoms with E-state index in [1.165, 1.54) is 14.5 Å². The van der Waals surface area contributed by atoms with Gasteiger partial charge in [-0.05, 0) is 114 Å². The van der Waals surface area contributed by atoms with Gasteiger partial charge >= 0.3 is 0 Å². The number of rotatable bonds is 4. The van der Waals surface area contributed by atoms with E-state index in [4.69, 9.17) is 11.6 Å². The van der Waals surface area contributed by atoms with E-state index in [-0.39, 0.29) is 11.8 Å². The lowest BCUT2D eigenvalue weighted by molar-refractivity contribution is -0.121. The van der Waals surface area contributed by atoms with Crippen molar-refractivity contribution < 1.29 is 4.79 Å². The van der Waals surface area contributed by atoms with Crippen LogP contribution in [0.3, 0.4) is 0 Å². The third-order valence-corrected chi connectivity index (χ3v) is 7.10. The molecule has 5 heteroatoms. The van der Waals surface area contributed by atoms with Crippen LogP contribution < -0.4 is 5.32 Å². The van der Waals surface area contributed by atoms with Crippen LogP contribution in [-0.4, -0.2) is 10.9 Å². The van der Waals surface area contributed by atoms with Crippen molar-refractivity contribution in [3.05, 3.63) is 68.9 Å². The largest absolute Gasteiger partial charge is 0.326 e. The number of carbonyl (C=O) groups is 1. The molecule has 1 fully saturated rings. The molecule has 2 aromatic carbocycles. The molecular weight excluding hydrogens is 495 g/mol. The lowest BCUT2D eigenvalue weighted by Gasteiger charge is -2.32. The van der Waals surface area contributed by atoms with Gasteiger partial charge in [0.2, 0.25) is 5.91 Å². The quantitative estimate of drug-likeness (QED) is 0.376. The summed E-state index contributed by atoms with van der Waals surface area (Å²) in [5, 5.41) is 4.98. The van der Waals surface area contributed by atoms with Gasteiger partial charge in [0, 0.05) is 31.8 Å². The van der Waals surface area contributed by atoms with Crippen LogP contribution in [0.5, 0.6) is 0 Å². The van der Waals surface area contributed by atoms with Crippen molar-refractivity contribution in [3.8, 4) is 0 Å². The molecule has 1 atom stereocenters. The monoisotopic (exact) mass is 518 g/mol. The van der Waals surface area contributed by atoms with Crippen LogP contribution in [0.2, 0.25) is 5.02 Å². The molecule has 0 bridgehead atoms. The number of nitrogens with zero attached hydrogens (tertiary/aromatic N) is 1. The van der Waals surface area contributed by atoms with Crippen LogP contribution in [0.25, 0.3) is 10.9 Å². The van der Waals surface area contributed by atoms with Crippen molar-refractivity contribution >= 4 is 56.7 Å². The van der Waals surface area contributed by atoms with E-state index < -0.39 is 0 Å². The second-order valence-corrected chi connectivity index (χ2v) is 9.64. The molecule has 1 aromatic heterocycles. The number of benzene rings is 2. The van der Waals surface area contributed by atoms with Crippen LogP contribution in [0.1, 0.15) is 44.1 Å². The summed E-state index contributed by atoms with van der Waals surface area (Å²) in [5.74, 6) is 1.06. The molecule has 1 amide bonds. The smallest absolute Gasteiger partial charge is 0.227 e. The predicted octanol–water partition coefficient (Wildman–Crippen LogP) is 7.04. The lowest BCUT2D eigenvalue weighted by atomic mass is 9.73. The Labute approximate surface area is 190 Å². The number of aromatic nitrogens is 1. The first kappa shape index (κ1) is 20.6. The molecule has 0 saturated heterocycles. The Balaban J connectivity index is 1.41. The normalized spacial score (nSPS) is 20.4. The fourth-order valence-electron chi connectivity index (χ4n) is 4.43. The van der Waals surface area contributed by atoms with Gasteiger partial charge in [0.1, 0.15) is 0 Å². The lowest BCUT2D eigenvalue weighted by Crippen LogP contribution is -2.29. The first-order chi connectivity index (χ1) is 14.0. The highest BCUT2D eigenvalue weighted by Gasteiger charge is 2.30. The molecule has 0 spiro atoms. The Hall–Kier alpha value is -1.66. The molecule has 1 heterocycles. The maximum Gasteiger partial charge on any atom is 0.227 e. The van der Waals surface area contributed by atoms with Crippen LogP contribution >= 0.6 is 34.2 Å². The van der Waals surface area contributed by atoms with E-state index >= 15 is 0 Å². The molecule has 4 rings (SSSR count). The van der Waals surface area contributed by atoms with Crippen molar-refractivity contribution in [1.29, 1.82) is 0 Å². The Kier molecular flexibility index (Phi) is 6.40. The van der Waals surface area contributed by atoms with Gasteiger partial charge in [-0.1, -0.05) is 18.5 Å². The Morgan fingerprint density at radius 1 is 1.10 bits per heavy atom. The predicted molar refractivity (Wildman–Crippen MR) is 128 cm³/mol. The van der Waals surface area contributed by atoms with Crippen LogP contribution in [-0.2, 0) is 4.79 Å². The molecule has 1 unspecified atom stereocenters. The molecule has 3 aromatic rings. The van der Waals surface area contributed by atoms with Gasteiger partial charge in [-0.15, -0.1) is 0 Å². The van der Waals surface area contributed by atoms with Gasteiger partial charge < -0.3 is 5.32 Å². The topological polar surface area (TPSA) is 42.0 Å². The molecule has 1 aliphatic rings. The maximum absolute atomic E-state index is 12.7. The van der Waals surface area contributed by atoms with E-state index in [1.54, 1.807) is 12.1 Å². The Bertz CT molecular complexity index is 1010. The van der Waals surface area contributed by atoms with E-state index in [0.29, 0.717) is 16.9 Å². The fourth-order valence-corrected chi connectivity index (χ4v) is 5.05. The number of fused-ring (bicyclic) bond motifs is 1. The summed E-state index contributed by atoms with van der Waals surface area (Å²) in [6.45, 7) is 2.06. The minimum Gasteiger partial charge on any atom is -0.326 e. The van der Waals surface area contributed by atoms with Crippen LogP contribution in [0.15, 0.2) is 54.7 Å². The van der Waals surface area contributed by atoms with Gasteiger partial charge in [0.15, 0.2) is 0 Å². The Morgan fingerprint density at radius 2 is 1.83 bits per heavy atom. The number of amides is 1. The van der Waals surface area contributed by atoms with Gasteiger partial charge in [-0.25, -0.2) is 0 Å². The molecular formula is C24H24ClIN2O. The van der Waals surface area contributed by atoms with Crippen molar-refractivity contribution in [2.45, 2.75) is 38.5 Å². The van der Waals surface area contributed by atoms with E-state index in [2.05, 4.69) is 64.1 Å². The number of hydrogen-bond donors (Lipinski definition) is 1. The first-order valence-electron chi connectivity index (χ1n) is 10.1. The fraction of sp³-hybridized carbons (Fsp3) is 0.333. The summed E-state index contributed by atoms with van der Waals surface area (Å²) in [5.41, 5.74) is 3.28. The average molecular weight is 519 g/mol. The zero-order valence-corrected chi connectivity index (χ0v) is 19.3. The summed E-state index contributed by atoms with van der Waals surface area (Å²) in [6.07, 6.45) is 6.32. The third-order valence-electron chi connectivity index (χ3n) is 6.18. The number of hydrogen-bond acceptors (Lipinski definition) is 2. The van der Waals surface area contributed by atoms with E-state index in [1.807, 2.05) is 18.3 Å². The highest BCUT2D eigenvalue weighted by molar-refractivity contribution is 14.1. The van der Waals surface area contributed by atoms with Gasteiger partial charge in [0.05, 0.1) is 5.52 Å². The van der Waals surface area contributed by atoms with Crippen molar-refractivity contribution in [2.24, 2.45) is 11.8 Å². The van der Waals surface area contributed by atoms with Crippen molar-refractivity contribution in [3.63, 3.8) is 0 Å². The summed E-state index contributed by atoms with van der Waals surface area (Å²) in [4.78, 5) is 17.2. The highest BCUT2D eigenvalue weighted by atomic mass is 127. The maximum atomic E-state index is 12.7. The van der Waals surface area contributed by atoms with Gasteiger partial charge in [0.25, 0.3) is 0 Å². The second kappa shape index (κ2) is 9.00. The second-order valence-electron chi connectivity index (χ2n) is 7.96. The molecule has 1 N–H and O–H groups in total. The molecule has 29 heavy (non-hydrogen) atoms. The minimum atomic E-state index is 0.00163. The summed E-state index contributed by atoms with van der Waals surface area (Å²) in [6, 6.07) is 15.9. The molecule has 3 nitrogen and oxygen atoms in total. The Morgan fingerprint density at radius 3 is 2.55 bits per heavy atom. The molecule has 1 aliphatic carbocycles. The van der Waals surface area contributed by atoms with E-state index in [9.17, 15) is 4.79 Å². The van der Waals surface area contributed by atoms with Crippen LogP contribution in [0.4, 0.5) is 5.69 Å². The van der Waals surface area contributed by atoms with Gasteiger partial charge in [-0.3, -0.25) is 9.78 Å². The molecule has 0 aliphatic heterocycles. The van der Waals surface area contributed by atoms with E-state index in [0.717, 1.165) is 36.9 Å². The minimum absolute atomic E-state index is 0.00163. The average Bonchev–Trinajstić information content (AvgIpc) is 2.74. The number of anilines is 1. The summed E-state index contributed by atoms with van der Waals surface area (Å²) >= 11 is 8.29. The standard InChI is InChI=1S/C24H24ClIN2O/c1-15(24(29)28-20-9-6-18(25)7-10-20)16-2-4-17(5-3-16)21-12-13-27-23-11-8-19(26)14-22(21)23/h6-17H,2-5H2,1H3,(H,28,29)/t15?,16-,17-. The zero-order valence-electron chi connectivity index (χ0n) is 16.4. The number of pyridine rings is 1. The number of nitrogens with one attached hydrogen (secondary N) is 1. The molecule has 1 saturated carbocycles. The van der Waals surface area contributed by atoms with Crippen LogP contribution in [0, 0.1) is 15.4 Å². The first-order valence-corrected chi connectivity index (χ1v) is 11.6. The SMILES string of the molecule is CC(C(=O)Nc1ccc(Cl)cc1)[C@H]1CC[C@H](c2ccnc3ccc(I)cc32)CC1. The number of halogens is 2. The molecule has 0 radical (unpaired) electrons. The van der Waals surface area contributed by atoms with Crippen molar-refractivity contribution in [2.75, 3.05) is 5.32 Å². The van der Waals surface area contributed by atoms with Gasteiger partial charge in [-0.2, -0.15) is 0 Å². The highest BCUT2D eigenvalue weighted by Crippen LogP contribution is 2.41. The summed E-state index contributed by atoms with van der Waals surface area (Å²) in [7, 11) is 0. The summed E-state index contributed by atoms with van der Waals surface area (Å²) < 4.78 is 1.24. The molecule has 150 valence electrons. The third kappa shape index (κ3) is 4.75.